The lowest BCUT2D eigenvalue weighted by molar-refractivity contribution is 0.725. The van der Waals surface area contributed by atoms with E-state index in [-0.39, 0.29) is 12.4 Å². The topological polar surface area (TPSA) is 126 Å². The quantitative estimate of drug-likeness (QED) is 0.569. The van der Waals surface area contributed by atoms with Gasteiger partial charge in [0.15, 0.2) is 0 Å². The summed E-state index contributed by atoms with van der Waals surface area (Å²) in [5, 5.41) is 8.27. The van der Waals surface area contributed by atoms with Crippen LogP contribution in [0.15, 0.2) is 36.9 Å². The highest BCUT2D eigenvalue weighted by Crippen LogP contribution is 2.25. The molecule has 0 aliphatic heterocycles. The zero-order chi connectivity index (χ0) is 16.7. The Labute approximate surface area is 137 Å². The molecule has 9 nitrogen and oxygen atoms in total. The molecule has 4 rings (SSSR count). The van der Waals surface area contributed by atoms with Crippen LogP contribution in [0.5, 0.6) is 0 Å². The molecule has 0 aliphatic rings. The molecule has 9 heteroatoms. The molecule has 0 fully saturated rings. The van der Waals surface area contributed by atoms with Crippen LogP contribution in [0.4, 0.5) is 5.82 Å². The van der Waals surface area contributed by atoms with Gasteiger partial charge in [0.25, 0.3) is 0 Å². The third kappa shape index (κ3) is 2.18. The van der Waals surface area contributed by atoms with Gasteiger partial charge >= 0.3 is 0 Å². The number of nitrogen functional groups attached to an aromatic ring is 1. The second kappa shape index (κ2) is 5.39. The van der Waals surface area contributed by atoms with Crippen molar-refractivity contribution in [2.75, 3.05) is 5.73 Å². The number of rotatable bonds is 3. The highest BCUT2D eigenvalue weighted by Gasteiger charge is 2.16. The van der Waals surface area contributed by atoms with Crippen molar-refractivity contribution in [1.82, 2.24) is 34.3 Å². The number of anilines is 1. The number of hydrogen-bond donors (Lipinski definition) is 2. The zero-order valence-corrected chi connectivity index (χ0v) is 13.0. The van der Waals surface area contributed by atoms with Gasteiger partial charge in [-0.3, -0.25) is 0 Å². The lowest BCUT2D eigenvalue weighted by Crippen LogP contribution is -2.13. The smallest absolute Gasteiger partial charge is 0.202 e. The minimum absolute atomic E-state index is 0.199. The average Bonchev–Trinajstić information content (AvgIpc) is 3.25. The molecule has 0 aromatic carbocycles. The zero-order valence-electron chi connectivity index (χ0n) is 13.0. The molecule has 0 unspecified atom stereocenters. The van der Waals surface area contributed by atoms with Crippen molar-refractivity contribution in [3.05, 3.63) is 48.3 Å². The molecule has 0 saturated carbocycles. The van der Waals surface area contributed by atoms with Gasteiger partial charge < -0.3 is 15.9 Å². The minimum Gasteiger partial charge on any atom is -0.382 e. The van der Waals surface area contributed by atoms with E-state index in [2.05, 4.69) is 25.1 Å². The van der Waals surface area contributed by atoms with E-state index in [9.17, 15) is 0 Å². The number of fused-ring (bicyclic) bond motifs is 1. The molecule has 4 aromatic heterocycles. The SMILES string of the molecule is Cc1cnc2ccc(-c3nc(CN)c(N)nc3-n3nccn3)cn12. The first-order chi connectivity index (χ1) is 11.7. The number of aromatic nitrogens is 7. The van der Waals surface area contributed by atoms with Crippen LogP contribution in [0.3, 0.4) is 0 Å². The summed E-state index contributed by atoms with van der Waals surface area (Å²) < 4.78 is 1.98. The number of nitrogens with zero attached hydrogens (tertiary/aromatic N) is 7. The van der Waals surface area contributed by atoms with Crippen LogP contribution in [0.25, 0.3) is 22.7 Å². The third-order valence-electron chi connectivity index (χ3n) is 3.75. The summed E-state index contributed by atoms with van der Waals surface area (Å²) in [5.41, 5.74) is 15.5. The Kier molecular flexibility index (Phi) is 3.21. The van der Waals surface area contributed by atoms with Gasteiger partial charge in [-0.25, -0.2) is 15.0 Å². The summed E-state index contributed by atoms with van der Waals surface area (Å²) in [6, 6.07) is 3.85. The Morgan fingerprint density at radius 3 is 2.67 bits per heavy atom. The number of nitrogens with two attached hydrogens (primary N) is 2. The van der Waals surface area contributed by atoms with E-state index in [1.165, 1.54) is 4.80 Å². The van der Waals surface area contributed by atoms with Gasteiger partial charge in [-0.05, 0) is 19.1 Å². The lowest BCUT2D eigenvalue weighted by atomic mass is 10.2. The van der Waals surface area contributed by atoms with Crippen LogP contribution in [0.2, 0.25) is 0 Å². The van der Waals surface area contributed by atoms with Gasteiger partial charge in [0.05, 0.1) is 18.1 Å². The summed E-state index contributed by atoms with van der Waals surface area (Å²) >= 11 is 0. The molecule has 24 heavy (non-hydrogen) atoms. The second-order valence-corrected chi connectivity index (χ2v) is 5.30. The number of imidazole rings is 1. The van der Waals surface area contributed by atoms with Crippen molar-refractivity contribution >= 4 is 11.5 Å². The largest absolute Gasteiger partial charge is 0.382 e. The van der Waals surface area contributed by atoms with Crippen LogP contribution in [-0.2, 0) is 6.54 Å². The Morgan fingerprint density at radius 2 is 1.92 bits per heavy atom. The van der Waals surface area contributed by atoms with Crippen LogP contribution in [0, 0.1) is 6.92 Å². The van der Waals surface area contributed by atoms with Gasteiger partial charge in [0.1, 0.15) is 17.2 Å². The standard InChI is InChI=1S/C15H15N9/c1-9-7-18-12-3-2-10(8-23(9)12)13-15(24-19-4-5-20-24)22-14(17)11(6-16)21-13/h2-5,7-8H,6,16H2,1H3,(H2,17,22). The molecule has 4 aromatic rings. The molecule has 0 spiro atoms. The maximum atomic E-state index is 5.95. The normalized spacial score (nSPS) is 11.2. The summed E-state index contributed by atoms with van der Waals surface area (Å²) in [5.74, 6) is 0.722. The van der Waals surface area contributed by atoms with Crippen molar-refractivity contribution in [2.45, 2.75) is 13.5 Å². The Bertz CT molecular complexity index is 1020. The maximum absolute atomic E-state index is 5.95. The summed E-state index contributed by atoms with van der Waals surface area (Å²) in [4.78, 5) is 14.7. The average molecular weight is 321 g/mol. The lowest BCUT2D eigenvalue weighted by Gasteiger charge is -2.11. The van der Waals surface area contributed by atoms with Crippen LogP contribution < -0.4 is 11.5 Å². The summed E-state index contributed by atoms with van der Waals surface area (Å²) in [6.45, 7) is 2.19. The predicted molar refractivity (Wildman–Crippen MR) is 88.2 cm³/mol. The Morgan fingerprint density at radius 1 is 1.12 bits per heavy atom. The number of hydrogen-bond acceptors (Lipinski definition) is 7. The van der Waals surface area contributed by atoms with Gasteiger partial charge in [-0.15, -0.1) is 4.80 Å². The van der Waals surface area contributed by atoms with Crippen molar-refractivity contribution in [2.24, 2.45) is 5.73 Å². The highest BCUT2D eigenvalue weighted by molar-refractivity contribution is 5.69. The first kappa shape index (κ1) is 14.3. The van der Waals surface area contributed by atoms with E-state index in [1.807, 2.05) is 35.9 Å². The second-order valence-electron chi connectivity index (χ2n) is 5.30. The monoisotopic (exact) mass is 321 g/mol. The van der Waals surface area contributed by atoms with Crippen molar-refractivity contribution in [1.29, 1.82) is 0 Å². The predicted octanol–water partition coefficient (Wildman–Crippen LogP) is 0.721. The van der Waals surface area contributed by atoms with E-state index in [4.69, 9.17) is 11.5 Å². The summed E-state index contributed by atoms with van der Waals surface area (Å²) in [7, 11) is 0. The molecule has 4 heterocycles. The highest BCUT2D eigenvalue weighted by atomic mass is 15.5. The van der Waals surface area contributed by atoms with Crippen LogP contribution in [0.1, 0.15) is 11.4 Å². The van der Waals surface area contributed by atoms with Crippen LogP contribution >= 0.6 is 0 Å². The molecule has 0 aliphatic carbocycles. The first-order valence-corrected chi connectivity index (χ1v) is 7.34. The van der Waals surface area contributed by atoms with E-state index in [0.29, 0.717) is 17.2 Å². The van der Waals surface area contributed by atoms with Gasteiger partial charge in [0.2, 0.25) is 5.82 Å². The molecule has 4 N–H and O–H groups in total. The molecular weight excluding hydrogens is 306 g/mol. The number of aryl methyl sites for hydroxylation is 1. The van der Waals surface area contributed by atoms with Crippen LogP contribution in [-0.4, -0.2) is 34.3 Å². The molecule has 0 radical (unpaired) electrons. The molecular formula is C15H15N9. The van der Waals surface area contributed by atoms with Crippen molar-refractivity contribution < 1.29 is 0 Å². The fraction of sp³-hybridized carbons (Fsp3) is 0.133. The van der Waals surface area contributed by atoms with Gasteiger partial charge in [-0.1, -0.05) is 0 Å². The van der Waals surface area contributed by atoms with E-state index in [0.717, 1.165) is 16.9 Å². The van der Waals surface area contributed by atoms with Gasteiger partial charge in [-0.2, -0.15) is 10.2 Å². The van der Waals surface area contributed by atoms with Crippen molar-refractivity contribution in [3.63, 3.8) is 0 Å². The van der Waals surface area contributed by atoms with Gasteiger partial charge in [0, 0.05) is 30.2 Å². The molecule has 0 amide bonds. The van der Waals surface area contributed by atoms with E-state index >= 15 is 0 Å². The molecule has 0 atom stereocenters. The number of pyridine rings is 1. The maximum Gasteiger partial charge on any atom is 0.202 e. The molecule has 0 bridgehead atoms. The van der Waals surface area contributed by atoms with E-state index < -0.39 is 0 Å². The van der Waals surface area contributed by atoms with Crippen molar-refractivity contribution in [3.8, 4) is 17.1 Å². The summed E-state index contributed by atoms with van der Waals surface area (Å²) in [6.07, 6.45) is 6.91. The fourth-order valence-corrected chi connectivity index (χ4v) is 2.52. The fourth-order valence-electron chi connectivity index (χ4n) is 2.52. The minimum atomic E-state index is 0.199. The Hall–Kier alpha value is -3.33. The van der Waals surface area contributed by atoms with E-state index in [1.54, 1.807) is 12.4 Å². The first-order valence-electron chi connectivity index (χ1n) is 7.34. The molecule has 0 saturated heterocycles. The third-order valence-corrected chi connectivity index (χ3v) is 3.75. The molecule has 120 valence electrons. The Balaban J connectivity index is 1.99.